The Morgan fingerprint density at radius 3 is 2.27 bits per heavy atom. The van der Waals surface area contributed by atoms with E-state index in [2.05, 4.69) is 20.8 Å². The smallest absolute Gasteiger partial charge is 0.423 e. The molecular formula is C11H17BO2S. The number of hydrogen-bond acceptors (Lipinski definition) is 3. The molecule has 82 valence electrons. The standard InChI is InChI=1S/C11H17BO2S/c1-8-5-6-9(12(13)14)10(7-8)15-11(2,3)4/h5-7,13-14H,1-4H3. The maximum atomic E-state index is 9.23. The van der Waals surface area contributed by atoms with Crippen LogP contribution in [0.15, 0.2) is 23.1 Å². The molecule has 15 heavy (non-hydrogen) atoms. The highest BCUT2D eigenvalue weighted by Crippen LogP contribution is 2.31. The average molecular weight is 224 g/mol. The molecule has 0 aromatic heterocycles. The normalized spacial score (nSPS) is 11.6. The largest absolute Gasteiger partial charge is 0.489 e. The van der Waals surface area contributed by atoms with Crippen LogP contribution < -0.4 is 5.46 Å². The molecule has 0 aliphatic heterocycles. The predicted molar refractivity (Wildman–Crippen MR) is 66.6 cm³/mol. The first-order chi connectivity index (χ1) is 6.79. The van der Waals surface area contributed by atoms with E-state index in [4.69, 9.17) is 0 Å². The summed E-state index contributed by atoms with van der Waals surface area (Å²) in [6.45, 7) is 8.31. The molecule has 0 unspecified atom stereocenters. The van der Waals surface area contributed by atoms with Crippen molar-refractivity contribution in [2.24, 2.45) is 0 Å². The summed E-state index contributed by atoms with van der Waals surface area (Å²) in [5, 5.41) is 18.5. The van der Waals surface area contributed by atoms with Gasteiger partial charge in [-0.25, -0.2) is 0 Å². The van der Waals surface area contributed by atoms with E-state index in [0.29, 0.717) is 5.46 Å². The van der Waals surface area contributed by atoms with Crippen LogP contribution in [0.2, 0.25) is 0 Å². The minimum absolute atomic E-state index is 0.0669. The van der Waals surface area contributed by atoms with Crippen LogP contribution in [0.5, 0.6) is 0 Å². The van der Waals surface area contributed by atoms with Gasteiger partial charge in [0.1, 0.15) is 0 Å². The SMILES string of the molecule is Cc1ccc(B(O)O)c(SC(C)(C)C)c1. The zero-order valence-electron chi connectivity index (χ0n) is 9.61. The van der Waals surface area contributed by atoms with Crippen LogP contribution in [0.4, 0.5) is 0 Å². The minimum atomic E-state index is -1.39. The van der Waals surface area contributed by atoms with Crippen LogP contribution in [0.25, 0.3) is 0 Å². The molecule has 0 saturated carbocycles. The topological polar surface area (TPSA) is 40.5 Å². The maximum Gasteiger partial charge on any atom is 0.489 e. The molecular weight excluding hydrogens is 207 g/mol. The molecule has 0 amide bonds. The zero-order chi connectivity index (χ0) is 11.6. The lowest BCUT2D eigenvalue weighted by molar-refractivity contribution is 0.425. The molecule has 0 aliphatic carbocycles. The minimum Gasteiger partial charge on any atom is -0.423 e. The molecule has 2 nitrogen and oxygen atoms in total. The number of aryl methyl sites for hydroxylation is 1. The third-order valence-corrected chi connectivity index (χ3v) is 3.05. The van der Waals surface area contributed by atoms with Crippen LogP contribution in [0, 0.1) is 6.92 Å². The zero-order valence-corrected chi connectivity index (χ0v) is 10.4. The molecule has 0 bridgehead atoms. The second-order valence-corrected chi connectivity index (χ2v) is 6.50. The van der Waals surface area contributed by atoms with Crippen LogP contribution >= 0.6 is 11.8 Å². The highest BCUT2D eigenvalue weighted by Gasteiger charge is 2.20. The Hall–Kier alpha value is -0.445. The molecule has 0 aliphatic rings. The summed E-state index contributed by atoms with van der Waals surface area (Å²) in [5.41, 5.74) is 1.71. The molecule has 0 saturated heterocycles. The number of benzene rings is 1. The van der Waals surface area contributed by atoms with E-state index in [1.54, 1.807) is 17.8 Å². The first-order valence-corrected chi connectivity index (χ1v) is 5.77. The van der Waals surface area contributed by atoms with E-state index in [-0.39, 0.29) is 4.75 Å². The van der Waals surface area contributed by atoms with Gasteiger partial charge in [-0.15, -0.1) is 11.8 Å². The summed E-state index contributed by atoms with van der Waals surface area (Å²) in [7, 11) is -1.39. The quantitative estimate of drug-likeness (QED) is 0.591. The number of thioether (sulfide) groups is 1. The third-order valence-electron chi connectivity index (χ3n) is 1.86. The van der Waals surface area contributed by atoms with E-state index < -0.39 is 7.12 Å². The molecule has 0 radical (unpaired) electrons. The lowest BCUT2D eigenvalue weighted by atomic mass is 9.80. The fourth-order valence-electron chi connectivity index (χ4n) is 1.27. The second kappa shape index (κ2) is 4.60. The van der Waals surface area contributed by atoms with Gasteiger partial charge in [-0.1, -0.05) is 38.5 Å². The molecule has 4 heteroatoms. The van der Waals surface area contributed by atoms with E-state index in [1.165, 1.54) is 0 Å². The van der Waals surface area contributed by atoms with E-state index in [1.807, 2.05) is 19.1 Å². The Balaban J connectivity index is 3.08. The highest BCUT2D eigenvalue weighted by atomic mass is 32.2. The van der Waals surface area contributed by atoms with Crippen molar-refractivity contribution >= 4 is 24.3 Å². The van der Waals surface area contributed by atoms with Gasteiger partial charge in [-0.3, -0.25) is 0 Å². The fourth-order valence-corrected chi connectivity index (χ4v) is 2.47. The van der Waals surface area contributed by atoms with Gasteiger partial charge < -0.3 is 10.0 Å². The van der Waals surface area contributed by atoms with Crippen molar-refractivity contribution in [3.63, 3.8) is 0 Å². The summed E-state index contributed by atoms with van der Waals surface area (Å²) in [5.74, 6) is 0. The Morgan fingerprint density at radius 1 is 1.20 bits per heavy atom. The van der Waals surface area contributed by atoms with Gasteiger partial charge in [0, 0.05) is 9.64 Å². The van der Waals surface area contributed by atoms with Crippen molar-refractivity contribution in [3.05, 3.63) is 23.8 Å². The molecule has 2 N–H and O–H groups in total. The predicted octanol–water partition coefficient (Wildman–Crippen LogP) is 1.57. The van der Waals surface area contributed by atoms with Crippen LogP contribution in [0.1, 0.15) is 26.3 Å². The summed E-state index contributed by atoms with van der Waals surface area (Å²) in [4.78, 5) is 0.942. The van der Waals surface area contributed by atoms with Crippen molar-refractivity contribution < 1.29 is 10.0 Å². The Labute approximate surface area is 95.9 Å². The summed E-state index contributed by atoms with van der Waals surface area (Å²) < 4.78 is 0.0669. The monoisotopic (exact) mass is 224 g/mol. The van der Waals surface area contributed by atoms with Gasteiger partial charge in [0.05, 0.1) is 0 Å². The molecule has 1 rings (SSSR count). The third kappa shape index (κ3) is 3.90. The fraction of sp³-hybridized carbons (Fsp3) is 0.455. The van der Waals surface area contributed by atoms with Gasteiger partial charge in [-0.05, 0) is 18.5 Å². The summed E-state index contributed by atoms with van der Waals surface area (Å²) in [6.07, 6.45) is 0. The van der Waals surface area contributed by atoms with Crippen molar-refractivity contribution in [1.82, 2.24) is 0 Å². The molecule has 0 atom stereocenters. The van der Waals surface area contributed by atoms with Crippen molar-refractivity contribution in [2.75, 3.05) is 0 Å². The van der Waals surface area contributed by atoms with E-state index in [0.717, 1.165) is 10.5 Å². The van der Waals surface area contributed by atoms with Crippen LogP contribution in [0.3, 0.4) is 0 Å². The van der Waals surface area contributed by atoms with Crippen LogP contribution in [-0.2, 0) is 0 Å². The summed E-state index contributed by atoms with van der Waals surface area (Å²) in [6, 6.07) is 5.65. The second-order valence-electron chi connectivity index (χ2n) is 4.63. The molecule has 0 heterocycles. The van der Waals surface area contributed by atoms with Crippen molar-refractivity contribution in [1.29, 1.82) is 0 Å². The van der Waals surface area contributed by atoms with Gasteiger partial charge in [0.2, 0.25) is 0 Å². The van der Waals surface area contributed by atoms with Crippen LogP contribution in [-0.4, -0.2) is 21.9 Å². The number of rotatable bonds is 2. The van der Waals surface area contributed by atoms with Crippen molar-refractivity contribution in [2.45, 2.75) is 37.3 Å². The Bertz CT molecular complexity index is 345. The Kier molecular flexibility index (Phi) is 3.87. The average Bonchev–Trinajstić information content (AvgIpc) is 1.99. The lowest BCUT2D eigenvalue weighted by Gasteiger charge is -2.20. The number of hydrogen-bond donors (Lipinski definition) is 2. The highest BCUT2D eigenvalue weighted by molar-refractivity contribution is 8.00. The lowest BCUT2D eigenvalue weighted by Crippen LogP contribution is -2.32. The molecule has 1 aromatic carbocycles. The van der Waals surface area contributed by atoms with Gasteiger partial charge >= 0.3 is 7.12 Å². The maximum absolute atomic E-state index is 9.23. The first kappa shape index (κ1) is 12.6. The van der Waals surface area contributed by atoms with Gasteiger partial charge in [0.15, 0.2) is 0 Å². The van der Waals surface area contributed by atoms with E-state index >= 15 is 0 Å². The molecule has 1 aromatic rings. The summed E-state index contributed by atoms with van der Waals surface area (Å²) >= 11 is 1.65. The van der Waals surface area contributed by atoms with Crippen molar-refractivity contribution in [3.8, 4) is 0 Å². The van der Waals surface area contributed by atoms with Gasteiger partial charge in [-0.2, -0.15) is 0 Å². The molecule has 0 fully saturated rings. The van der Waals surface area contributed by atoms with Gasteiger partial charge in [0.25, 0.3) is 0 Å². The molecule has 0 spiro atoms. The van der Waals surface area contributed by atoms with E-state index in [9.17, 15) is 10.0 Å². The Morgan fingerprint density at radius 2 is 1.80 bits per heavy atom. The first-order valence-electron chi connectivity index (χ1n) is 4.95.